The second-order valence-electron chi connectivity index (χ2n) is 2.10. The van der Waals surface area contributed by atoms with Crippen LogP contribution in [0.3, 0.4) is 0 Å². The van der Waals surface area contributed by atoms with Gasteiger partial charge in [-0.3, -0.25) is 9.59 Å². The molecule has 4 nitrogen and oxygen atoms in total. The van der Waals surface area contributed by atoms with Crippen molar-refractivity contribution < 1.29 is 14.7 Å². The molecule has 1 aliphatic rings. The molecule has 0 aliphatic carbocycles. The van der Waals surface area contributed by atoms with Gasteiger partial charge in [-0.15, -0.1) is 0 Å². The summed E-state index contributed by atoms with van der Waals surface area (Å²) in [6.45, 7) is -0.232. The second-order valence-corrected chi connectivity index (χ2v) is 3.06. The number of carbonyl (C=O) groups is 2. The Bertz CT molecular complexity index is 182. The van der Waals surface area contributed by atoms with Gasteiger partial charge in [-0.05, 0) is 0 Å². The van der Waals surface area contributed by atoms with Crippen molar-refractivity contribution in [3.8, 4) is 0 Å². The molecule has 0 bridgehead atoms. The van der Waals surface area contributed by atoms with E-state index in [0.717, 1.165) is 3.11 Å². The molecule has 0 radical (unpaired) electrons. The van der Waals surface area contributed by atoms with E-state index in [-0.39, 0.29) is 24.8 Å². The molecule has 0 aromatic heterocycles. The highest BCUT2D eigenvalue weighted by Crippen LogP contribution is 2.21. The van der Waals surface area contributed by atoms with Crippen LogP contribution >= 0.6 is 22.9 Å². The molecule has 0 aromatic carbocycles. The number of nitrogens with zero attached hydrogens (tertiary/aromatic N) is 1. The Balaban J connectivity index is 2.71. The fraction of sp³-hybridized carbons (Fsp3) is 0.600. The summed E-state index contributed by atoms with van der Waals surface area (Å²) in [4.78, 5) is 21.6. The average molecular weight is 255 g/mol. The van der Waals surface area contributed by atoms with Gasteiger partial charge < -0.3 is 5.11 Å². The highest BCUT2D eigenvalue weighted by atomic mass is 127. The molecule has 1 aliphatic heterocycles. The van der Waals surface area contributed by atoms with Gasteiger partial charge in [-0.2, -0.15) is 0 Å². The van der Waals surface area contributed by atoms with Crippen molar-refractivity contribution in [2.24, 2.45) is 5.92 Å². The Morgan fingerprint density at radius 3 is 2.50 bits per heavy atom. The first-order valence-electron chi connectivity index (χ1n) is 2.80. The number of aliphatic hydroxyl groups is 1. The first-order chi connectivity index (χ1) is 4.66. The van der Waals surface area contributed by atoms with Gasteiger partial charge in [0.25, 0.3) is 0 Å². The molecule has 0 saturated carbocycles. The summed E-state index contributed by atoms with van der Waals surface area (Å²) in [7, 11) is 0. The maximum Gasteiger partial charge on any atom is 0.244 e. The van der Waals surface area contributed by atoms with Crippen LogP contribution in [0.1, 0.15) is 6.42 Å². The molecule has 1 rings (SSSR count). The summed E-state index contributed by atoms with van der Waals surface area (Å²) in [6, 6.07) is 0. The number of halogens is 1. The van der Waals surface area contributed by atoms with Gasteiger partial charge >= 0.3 is 0 Å². The van der Waals surface area contributed by atoms with Gasteiger partial charge in [0.05, 0.1) is 35.4 Å². The van der Waals surface area contributed by atoms with Gasteiger partial charge in [0, 0.05) is 6.42 Å². The van der Waals surface area contributed by atoms with Crippen molar-refractivity contribution in [2.45, 2.75) is 6.42 Å². The van der Waals surface area contributed by atoms with Gasteiger partial charge in [-0.25, -0.2) is 3.11 Å². The number of hydrogen-bond donors (Lipinski definition) is 1. The minimum atomic E-state index is -0.496. The smallest absolute Gasteiger partial charge is 0.244 e. The van der Waals surface area contributed by atoms with E-state index in [4.69, 9.17) is 5.11 Å². The van der Waals surface area contributed by atoms with Crippen LogP contribution in [-0.4, -0.2) is 26.6 Å². The molecular weight excluding hydrogens is 249 g/mol. The van der Waals surface area contributed by atoms with Crippen LogP contribution in [0.4, 0.5) is 0 Å². The lowest BCUT2D eigenvalue weighted by molar-refractivity contribution is -0.131. The summed E-state index contributed by atoms with van der Waals surface area (Å²) in [6.07, 6.45) is 0.151. The van der Waals surface area contributed by atoms with Crippen molar-refractivity contribution in [1.29, 1.82) is 0 Å². The summed E-state index contributed by atoms with van der Waals surface area (Å²) in [5.41, 5.74) is 0. The van der Waals surface area contributed by atoms with Crippen LogP contribution in [-0.2, 0) is 9.59 Å². The molecule has 5 heteroatoms. The molecule has 1 N–H and O–H groups in total. The fourth-order valence-electron chi connectivity index (χ4n) is 0.804. The SMILES string of the molecule is O=C1CC(CO)C(=O)N1I. The Hall–Kier alpha value is -0.170. The molecule has 56 valence electrons. The summed E-state index contributed by atoms with van der Waals surface area (Å²) in [5, 5.41) is 8.57. The third kappa shape index (κ3) is 1.15. The Labute approximate surface area is 71.7 Å². The van der Waals surface area contributed by atoms with E-state index in [2.05, 4.69) is 0 Å². The average Bonchev–Trinajstić information content (AvgIpc) is 2.17. The third-order valence-corrected chi connectivity index (χ3v) is 2.42. The number of rotatable bonds is 1. The van der Waals surface area contributed by atoms with Crippen LogP contribution < -0.4 is 0 Å². The van der Waals surface area contributed by atoms with Crippen molar-refractivity contribution in [3.05, 3.63) is 0 Å². The van der Waals surface area contributed by atoms with Crippen LogP contribution in [0.5, 0.6) is 0 Å². The standard InChI is InChI=1S/C5H6INO3/c6-7-4(9)1-3(2-8)5(7)10/h3,8H,1-2H2. The van der Waals surface area contributed by atoms with Crippen LogP contribution in [0.15, 0.2) is 0 Å². The molecule has 1 unspecified atom stereocenters. The predicted molar refractivity (Wildman–Crippen MR) is 41.1 cm³/mol. The quantitative estimate of drug-likeness (QED) is 0.397. The molecule has 1 atom stereocenters. The van der Waals surface area contributed by atoms with Crippen molar-refractivity contribution in [1.82, 2.24) is 3.11 Å². The molecule has 1 saturated heterocycles. The number of aliphatic hydroxyl groups excluding tert-OH is 1. The van der Waals surface area contributed by atoms with Crippen molar-refractivity contribution >= 4 is 34.7 Å². The number of carbonyl (C=O) groups excluding carboxylic acids is 2. The molecule has 2 amide bonds. The van der Waals surface area contributed by atoms with Crippen LogP contribution in [0, 0.1) is 5.92 Å². The highest BCUT2D eigenvalue weighted by Gasteiger charge is 2.36. The maximum absolute atomic E-state index is 10.9. The maximum atomic E-state index is 10.9. The zero-order valence-electron chi connectivity index (χ0n) is 5.08. The summed E-state index contributed by atoms with van der Waals surface area (Å²) >= 11 is 1.65. The first-order valence-corrected chi connectivity index (χ1v) is 3.76. The Morgan fingerprint density at radius 2 is 2.30 bits per heavy atom. The molecule has 0 aromatic rings. The van der Waals surface area contributed by atoms with E-state index in [1.807, 2.05) is 0 Å². The zero-order chi connectivity index (χ0) is 7.72. The van der Waals surface area contributed by atoms with E-state index in [1.54, 1.807) is 22.9 Å². The van der Waals surface area contributed by atoms with Crippen molar-refractivity contribution in [3.63, 3.8) is 0 Å². The minimum absolute atomic E-state index is 0.151. The largest absolute Gasteiger partial charge is 0.396 e. The second kappa shape index (κ2) is 2.83. The van der Waals surface area contributed by atoms with E-state index in [0.29, 0.717) is 0 Å². The lowest BCUT2D eigenvalue weighted by atomic mass is 10.1. The number of imide groups is 1. The normalized spacial score (nSPS) is 26.2. The Kier molecular flexibility index (Phi) is 2.24. The van der Waals surface area contributed by atoms with E-state index in [1.165, 1.54) is 0 Å². The first kappa shape index (κ1) is 7.93. The van der Waals surface area contributed by atoms with E-state index < -0.39 is 5.92 Å². The lowest BCUT2D eigenvalue weighted by Crippen LogP contribution is -2.21. The third-order valence-electron chi connectivity index (χ3n) is 1.40. The molecule has 1 heterocycles. The molecular formula is C5H6INO3. The van der Waals surface area contributed by atoms with Crippen LogP contribution in [0.2, 0.25) is 0 Å². The highest BCUT2D eigenvalue weighted by molar-refractivity contribution is 14.1. The minimum Gasteiger partial charge on any atom is -0.396 e. The van der Waals surface area contributed by atoms with Gasteiger partial charge in [0.2, 0.25) is 11.8 Å². The fourth-order valence-corrected chi connectivity index (χ4v) is 1.39. The molecule has 10 heavy (non-hydrogen) atoms. The predicted octanol–water partition coefficient (Wildman–Crippen LogP) is -0.296. The lowest BCUT2D eigenvalue weighted by Gasteiger charge is -2.01. The molecule has 0 spiro atoms. The number of hydrogen-bond acceptors (Lipinski definition) is 3. The zero-order valence-corrected chi connectivity index (χ0v) is 7.24. The monoisotopic (exact) mass is 255 g/mol. The molecule has 1 fully saturated rings. The summed E-state index contributed by atoms with van der Waals surface area (Å²) in [5.74, 6) is -0.998. The van der Waals surface area contributed by atoms with Gasteiger partial charge in [0.1, 0.15) is 0 Å². The van der Waals surface area contributed by atoms with Gasteiger partial charge in [0.15, 0.2) is 0 Å². The summed E-state index contributed by atoms with van der Waals surface area (Å²) < 4.78 is 1.03. The van der Waals surface area contributed by atoms with Crippen LogP contribution in [0.25, 0.3) is 0 Å². The topological polar surface area (TPSA) is 57.6 Å². The van der Waals surface area contributed by atoms with Crippen molar-refractivity contribution in [2.75, 3.05) is 6.61 Å². The Morgan fingerprint density at radius 1 is 1.70 bits per heavy atom. The number of amides is 2. The van der Waals surface area contributed by atoms with Gasteiger partial charge in [-0.1, -0.05) is 0 Å². The van der Waals surface area contributed by atoms with E-state index >= 15 is 0 Å². The van der Waals surface area contributed by atoms with E-state index in [9.17, 15) is 9.59 Å².